The number of halogens is 1. The Balaban J connectivity index is 1.36. The molecule has 3 heterocycles. The zero-order valence-electron chi connectivity index (χ0n) is 20.1. The maximum atomic E-state index is 14.1. The molecule has 0 radical (unpaired) electrons. The lowest BCUT2D eigenvalue weighted by molar-refractivity contribution is 0.0287. The number of nitrogens with one attached hydrogen (secondary N) is 3. The largest absolute Gasteiger partial charge is 0.488 e. The molecule has 1 aromatic carbocycles. The van der Waals surface area contributed by atoms with Crippen LogP contribution in [0.1, 0.15) is 40.9 Å². The van der Waals surface area contributed by atoms with Gasteiger partial charge in [-0.3, -0.25) is 4.79 Å². The van der Waals surface area contributed by atoms with Gasteiger partial charge in [0.25, 0.3) is 5.91 Å². The van der Waals surface area contributed by atoms with Gasteiger partial charge in [0.2, 0.25) is 0 Å². The highest BCUT2D eigenvalue weighted by Gasteiger charge is 2.24. The Bertz CT molecular complexity index is 1220. The first-order valence-corrected chi connectivity index (χ1v) is 13.1. The number of benzene rings is 1. The summed E-state index contributed by atoms with van der Waals surface area (Å²) in [6.45, 7) is 4.44. The number of hydrogen-bond acceptors (Lipinski definition) is 9. The third-order valence-electron chi connectivity index (χ3n) is 6.56. The van der Waals surface area contributed by atoms with E-state index in [2.05, 4.69) is 25.9 Å². The topological polar surface area (TPSA) is 118 Å². The van der Waals surface area contributed by atoms with E-state index in [0.29, 0.717) is 72.3 Å². The fourth-order valence-corrected chi connectivity index (χ4v) is 5.65. The van der Waals surface area contributed by atoms with Crippen molar-refractivity contribution in [3.05, 3.63) is 40.8 Å². The summed E-state index contributed by atoms with van der Waals surface area (Å²) in [6, 6.07) is 4.33. The molecule has 2 aliphatic rings. The van der Waals surface area contributed by atoms with E-state index in [1.54, 1.807) is 6.07 Å². The van der Waals surface area contributed by atoms with Gasteiger partial charge in [0.1, 0.15) is 28.5 Å². The minimum atomic E-state index is -0.401. The van der Waals surface area contributed by atoms with E-state index < -0.39 is 5.82 Å². The molecule has 36 heavy (non-hydrogen) atoms. The quantitative estimate of drug-likeness (QED) is 0.379. The number of aryl methyl sites for hydroxylation is 1. The van der Waals surface area contributed by atoms with E-state index in [1.165, 1.54) is 29.8 Å². The number of aliphatic hydroxyl groups is 1. The molecule has 4 N–H and O–H groups in total. The number of fused-ring (bicyclic) bond motifs is 1. The number of thiophene rings is 1. The van der Waals surface area contributed by atoms with Crippen LogP contribution in [0.25, 0.3) is 10.2 Å². The summed E-state index contributed by atoms with van der Waals surface area (Å²) < 4.78 is 25.9. The van der Waals surface area contributed by atoms with Crippen LogP contribution in [0.5, 0.6) is 5.75 Å². The Hall–Kier alpha value is -2.86. The van der Waals surface area contributed by atoms with Gasteiger partial charge < -0.3 is 30.5 Å². The highest BCUT2D eigenvalue weighted by atomic mass is 32.1. The SMILES string of the molecule is Cc1c(C(=O)NCC2CNCCO2)sc2ncnc(Nc3ccc(F)cc3OC3CCC(O)CC3)c12. The summed E-state index contributed by atoms with van der Waals surface area (Å²) >= 11 is 1.30. The Kier molecular flexibility index (Phi) is 7.61. The lowest BCUT2D eigenvalue weighted by Crippen LogP contribution is -2.45. The van der Waals surface area contributed by atoms with Crippen LogP contribution < -0.4 is 20.7 Å². The van der Waals surface area contributed by atoms with Gasteiger partial charge in [-0.15, -0.1) is 11.3 Å². The number of nitrogens with zero attached hydrogens (tertiary/aromatic N) is 2. The molecule has 1 aliphatic heterocycles. The Morgan fingerprint density at radius 3 is 2.92 bits per heavy atom. The molecule has 3 aromatic rings. The molecule has 2 aromatic heterocycles. The van der Waals surface area contributed by atoms with Crippen LogP contribution in [-0.4, -0.2) is 65.5 Å². The second-order valence-corrected chi connectivity index (χ2v) is 10.2. The first-order valence-electron chi connectivity index (χ1n) is 12.2. The van der Waals surface area contributed by atoms with Gasteiger partial charge in [-0.25, -0.2) is 14.4 Å². The fraction of sp³-hybridized carbons (Fsp3) is 0.480. The van der Waals surface area contributed by atoms with Gasteiger partial charge in [-0.2, -0.15) is 0 Å². The van der Waals surface area contributed by atoms with Gasteiger partial charge in [0.15, 0.2) is 0 Å². The predicted octanol–water partition coefficient (Wildman–Crippen LogP) is 3.28. The van der Waals surface area contributed by atoms with Crippen molar-refractivity contribution in [1.29, 1.82) is 0 Å². The van der Waals surface area contributed by atoms with E-state index in [-0.39, 0.29) is 24.2 Å². The predicted molar refractivity (Wildman–Crippen MR) is 136 cm³/mol. The third-order valence-corrected chi connectivity index (χ3v) is 7.76. The molecule has 1 unspecified atom stereocenters. The van der Waals surface area contributed by atoms with Gasteiger partial charge in [-0.1, -0.05) is 0 Å². The van der Waals surface area contributed by atoms with E-state index >= 15 is 0 Å². The number of morpholine rings is 1. The normalized spacial score (nSPS) is 22.4. The van der Waals surface area contributed by atoms with Crippen LogP contribution in [-0.2, 0) is 4.74 Å². The van der Waals surface area contributed by atoms with Gasteiger partial charge in [0.05, 0.1) is 40.9 Å². The number of rotatable bonds is 7. The molecule has 192 valence electrons. The maximum absolute atomic E-state index is 14.1. The minimum absolute atomic E-state index is 0.0567. The maximum Gasteiger partial charge on any atom is 0.261 e. The van der Waals surface area contributed by atoms with E-state index in [9.17, 15) is 14.3 Å². The molecule has 2 fully saturated rings. The molecule has 0 spiro atoms. The molecular weight excluding hydrogens is 485 g/mol. The zero-order valence-corrected chi connectivity index (χ0v) is 20.9. The van der Waals surface area contributed by atoms with Crippen molar-refractivity contribution in [2.24, 2.45) is 0 Å². The summed E-state index contributed by atoms with van der Waals surface area (Å²) in [7, 11) is 0. The molecule has 1 aliphatic carbocycles. The number of ether oxygens (including phenoxy) is 2. The van der Waals surface area contributed by atoms with Crippen LogP contribution >= 0.6 is 11.3 Å². The molecule has 1 amide bonds. The lowest BCUT2D eigenvalue weighted by atomic mass is 9.95. The fourth-order valence-electron chi connectivity index (χ4n) is 4.59. The first-order chi connectivity index (χ1) is 17.5. The Morgan fingerprint density at radius 1 is 1.31 bits per heavy atom. The molecular formula is C25H30FN5O4S. The van der Waals surface area contributed by atoms with Gasteiger partial charge in [0, 0.05) is 25.7 Å². The van der Waals surface area contributed by atoms with Crippen LogP contribution in [0, 0.1) is 12.7 Å². The molecule has 1 atom stereocenters. The molecule has 0 bridgehead atoms. The summed E-state index contributed by atoms with van der Waals surface area (Å²) in [4.78, 5) is 23.0. The number of hydrogen-bond donors (Lipinski definition) is 4. The number of anilines is 2. The van der Waals surface area contributed by atoms with Crippen molar-refractivity contribution in [2.75, 3.05) is 31.6 Å². The first kappa shape index (κ1) is 24.8. The molecule has 5 rings (SSSR count). The van der Waals surface area contributed by atoms with E-state index in [0.717, 1.165) is 17.5 Å². The lowest BCUT2D eigenvalue weighted by Gasteiger charge is -2.27. The Morgan fingerprint density at radius 2 is 2.14 bits per heavy atom. The summed E-state index contributed by atoms with van der Waals surface area (Å²) in [5.41, 5.74) is 1.34. The van der Waals surface area contributed by atoms with Crippen molar-refractivity contribution < 1.29 is 23.8 Å². The molecule has 1 saturated carbocycles. The second-order valence-electron chi connectivity index (χ2n) is 9.18. The number of aliphatic hydroxyl groups excluding tert-OH is 1. The summed E-state index contributed by atoms with van der Waals surface area (Å²) in [6.07, 6.45) is 3.73. The van der Waals surface area contributed by atoms with E-state index in [4.69, 9.17) is 9.47 Å². The number of carbonyl (C=O) groups excluding carboxylic acids is 1. The Labute approximate surface area is 212 Å². The van der Waals surface area contributed by atoms with Crippen LogP contribution in [0.15, 0.2) is 24.5 Å². The summed E-state index contributed by atoms with van der Waals surface area (Å²) in [5.74, 6) is 0.321. The minimum Gasteiger partial charge on any atom is -0.488 e. The zero-order chi connectivity index (χ0) is 25.1. The highest BCUT2D eigenvalue weighted by molar-refractivity contribution is 7.20. The van der Waals surface area contributed by atoms with Crippen LogP contribution in [0.4, 0.5) is 15.9 Å². The third kappa shape index (κ3) is 5.59. The molecule has 9 nitrogen and oxygen atoms in total. The average molecular weight is 516 g/mol. The van der Waals surface area contributed by atoms with Crippen molar-refractivity contribution >= 4 is 39.0 Å². The number of amides is 1. The molecule has 11 heteroatoms. The number of carbonyl (C=O) groups is 1. The smallest absolute Gasteiger partial charge is 0.261 e. The van der Waals surface area contributed by atoms with Crippen molar-refractivity contribution in [2.45, 2.75) is 50.9 Å². The second kappa shape index (κ2) is 11.0. The van der Waals surface area contributed by atoms with Crippen molar-refractivity contribution in [3.8, 4) is 5.75 Å². The van der Waals surface area contributed by atoms with Crippen molar-refractivity contribution in [3.63, 3.8) is 0 Å². The van der Waals surface area contributed by atoms with E-state index in [1.807, 2.05) is 6.92 Å². The standard InChI is InChI=1S/C25H30FN5O4S/c1-14-21-23(31-19-7-2-15(26)10-20(19)35-17-5-3-16(32)4-6-17)29-13-30-25(21)36-22(14)24(33)28-12-18-11-27-8-9-34-18/h2,7,10,13,16-18,27,32H,3-6,8-9,11-12H2,1H3,(H,28,33)(H,29,30,31). The summed E-state index contributed by atoms with van der Waals surface area (Å²) in [5, 5.41) is 20.0. The highest BCUT2D eigenvalue weighted by Crippen LogP contribution is 2.37. The monoisotopic (exact) mass is 515 g/mol. The van der Waals surface area contributed by atoms with Crippen molar-refractivity contribution in [1.82, 2.24) is 20.6 Å². The van der Waals surface area contributed by atoms with Gasteiger partial charge in [-0.05, 0) is 50.3 Å². The molecule has 1 saturated heterocycles. The van der Waals surface area contributed by atoms with Gasteiger partial charge >= 0.3 is 0 Å². The average Bonchev–Trinajstić information content (AvgIpc) is 3.23. The number of aromatic nitrogens is 2. The van der Waals surface area contributed by atoms with Crippen LogP contribution in [0.2, 0.25) is 0 Å². The van der Waals surface area contributed by atoms with Crippen LogP contribution in [0.3, 0.4) is 0 Å².